The van der Waals surface area contributed by atoms with Crippen molar-refractivity contribution in [2.75, 3.05) is 23.4 Å². The summed E-state index contributed by atoms with van der Waals surface area (Å²) in [7, 11) is 0. The summed E-state index contributed by atoms with van der Waals surface area (Å²) >= 11 is 3.02. The molecule has 1 aliphatic rings. The summed E-state index contributed by atoms with van der Waals surface area (Å²) in [6.07, 6.45) is 1.60. The molecule has 0 aromatic carbocycles. The summed E-state index contributed by atoms with van der Waals surface area (Å²) in [5.74, 6) is 0.619. The Hall–Kier alpha value is -1.28. The van der Waals surface area contributed by atoms with Gasteiger partial charge in [0, 0.05) is 29.6 Å². The van der Waals surface area contributed by atoms with Crippen molar-refractivity contribution in [3.8, 4) is 0 Å². The van der Waals surface area contributed by atoms with Crippen molar-refractivity contribution in [1.82, 2.24) is 9.88 Å². The van der Waals surface area contributed by atoms with Crippen LogP contribution in [-0.4, -0.2) is 51.1 Å². The largest absolute Gasteiger partial charge is 0.481 e. The van der Waals surface area contributed by atoms with E-state index in [0.717, 1.165) is 5.75 Å². The highest BCUT2D eigenvalue weighted by Crippen LogP contribution is 2.20. The Balaban J connectivity index is 1.99. The number of aromatic nitrogens is 1. The quantitative estimate of drug-likeness (QED) is 0.881. The van der Waals surface area contributed by atoms with Crippen molar-refractivity contribution >= 4 is 40.2 Å². The molecular formula is C10H13N3O3S2. The molecular weight excluding hydrogens is 274 g/mol. The van der Waals surface area contributed by atoms with Crippen molar-refractivity contribution in [3.05, 3.63) is 11.6 Å². The number of anilines is 1. The van der Waals surface area contributed by atoms with Gasteiger partial charge in [0.25, 0.3) is 0 Å². The maximum Gasteiger partial charge on any atom is 0.323 e. The van der Waals surface area contributed by atoms with E-state index in [4.69, 9.17) is 5.11 Å². The third kappa shape index (κ3) is 3.36. The van der Waals surface area contributed by atoms with E-state index in [1.165, 1.54) is 11.3 Å². The number of urea groups is 1. The van der Waals surface area contributed by atoms with Gasteiger partial charge in [0.05, 0.1) is 12.5 Å². The van der Waals surface area contributed by atoms with E-state index in [1.807, 2.05) is 0 Å². The summed E-state index contributed by atoms with van der Waals surface area (Å²) in [5.41, 5.74) is 0. The maximum absolute atomic E-state index is 12.0. The fourth-order valence-electron chi connectivity index (χ4n) is 1.74. The van der Waals surface area contributed by atoms with Gasteiger partial charge in [-0.2, -0.15) is 11.8 Å². The van der Waals surface area contributed by atoms with Gasteiger partial charge in [-0.3, -0.25) is 10.1 Å². The van der Waals surface area contributed by atoms with Gasteiger partial charge < -0.3 is 10.0 Å². The number of thiazole rings is 1. The van der Waals surface area contributed by atoms with Gasteiger partial charge in [-0.15, -0.1) is 11.3 Å². The Bertz CT molecular complexity index is 424. The zero-order valence-electron chi connectivity index (χ0n) is 9.54. The van der Waals surface area contributed by atoms with Crippen LogP contribution in [-0.2, 0) is 4.79 Å². The van der Waals surface area contributed by atoms with Crippen molar-refractivity contribution in [3.63, 3.8) is 0 Å². The molecule has 0 radical (unpaired) electrons. The highest BCUT2D eigenvalue weighted by Gasteiger charge is 2.29. The topological polar surface area (TPSA) is 82.5 Å². The number of hydrogen-bond acceptors (Lipinski definition) is 5. The third-order valence-corrected chi connectivity index (χ3v) is 4.33. The van der Waals surface area contributed by atoms with E-state index in [-0.39, 0.29) is 18.5 Å². The Kier molecular flexibility index (Phi) is 4.43. The number of rotatable bonds is 3. The lowest BCUT2D eigenvalue weighted by Gasteiger charge is -2.34. The molecule has 0 saturated carbocycles. The molecule has 2 amide bonds. The van der Waals surface area contributed by atoms with Gasteiger partial charge in [-0.1, -0.05) is 0 Å². The highest BCUT2D eigenvalue weighted by molar-refractivity contribution is 7.99. The zero-order chi connectivity index (χ0) is 13.0. The van der Waals surface area contributed by atoms with Crippen LogP contribution in [0.3, 0.4) is 0 Å². The van der Waals surface area contributed by atoms with E-state index < -0.39 is 5.97 Å². The number of carbonyl (C=O) groups excluding carboxylic acids is 1. The minimum Gasteiger partial charge on any atom is -0.481 e. The van der Waals surface area contributed by atoms with E-state index in [1.54, 1.807) is 28.2 Å². The molecule has 1 aromatic rings. The Labute approximate surface area is 112 Å². The van der Waals surface area contributed by atoms with Crippen LogP contribution in [0.5, 0.6) is 0 Å². The van der Waals surface area contributed by atoms with Gasteiger partial charge in [-0.25, -0.2) is 9.78 Å². The summed E-state index contributed by atoms with van der Waals surface area (Å²) in [6.45, 7) is 0.569. The number of thioether (sulfide) groups is 1. The molecule has 18 heavy (non-hydrogen) atoms. The molecule has 2 heterocycles. The monoisotopic (exact) mass is 287 g/mol. The minimum atomic E-state index is -0.880. The SMILES string of the molecule is O=C(O)CC1CSCCN1C(=O)Nc1nccs1. The molecule has 1 saturated heterocycles. The van der Waals surface area contributed by atoms with Crippen molar-refractivity contribution in [2.45, 2.75) is 12.5 Å². The molecule has 1 unspecified atom stereocenters. The summed E-state index contributed by atoms with van der Waals surface area (Å²) in [6, 6.07) is -0.516. The molecule has 0 spiro atoms. The van der Waals surface area contributed by atoms with Crippen LogP contribution in [0.1, 0.15) is 6.42 Å². The maximum atomic E-state index is 12.0. The number of carboxylic acids is 1. The number of aliphatic carboxylic acids is 1. The molecule has 8 heteroatoms. The fourth-order valence-corrected chi connectivity index (χ4v) is 3.32. The Morgan fingerprint density at radius 2 is 2.44 bits per heavy atom. The molecule has 1 aromatic heterocycles. The van der Waals surface area contributed by atoms with Crippen LogP contribution in [0.4, 0.5) is 9.93 Å². The first-order chi connectivity index (χ1) is 8.66. The molecule has 2 N–H and O–H groups in total. The van der Waals surface area contributed by atoms with Gasteiger partial charge >= 0.3 is 12.0 Å². The zero-order valence-corrected chi connectivity index (χ0v) is 11.2. The van der Waals surface area contributed by atoms with Crippen LogP contribution in [0.2, 0.25) is 0 Å². The number of carbonyl (C=O) groups is 2. The molecule has 1 fully saturated rings. The van der Waals surface area contributed by atoms with Crippen LogP contribution < -0.4 is 5.32 Å². The van der Waals surface area contributed by atoms with E-state index in [2.05, 4.69) is 10.3 Å². The lowest BCUT2D eigenvalue weighted by Crippen LogP contribution is -2.48. The lowest BCUT2D eigenvalue weighted by atomic mass is 10.2. The average Bonchev–Trinajstić information content (AvgIpc) is 2.81. The van der Waals surface area contributed by atoms with Crippen LogP contribution in [0.25, 0.3) is 0 Å². The van der Waals surface area contributed by atoms with E-state index in [0.29, 0.717) is 17.4 Å². The number of nitrogens with one attached hydrogen (secondary N) is 1. The number of hydrogen-bond donors (Lipinski definition) is 2. The molecule has 0 bridgehead atoms. The Morgan fingerprint density at radius 1 is 1.61 bits per heavy atom. The van der Waals surface area contributed by atoms with Crippen molar-refractivity contribution in [2.24, 2.45) is 0 Å². The molecule has 98 valence electrons. The first-order valence-corrected chi connectivity index (χ1v) is 7.47. The highest BCUT2D eigenvalue weighted by atomic mass is 32.2. The standard InChI is InChI=1S/C10H13N3O3S2/c14-8(15)5-7-6-17-4-2-13(7)10(16)12-9-11-1-3-18-9/h1,3,7H,2,4-6H2,(H,14,15)(H,11,12,16). The first-order valence-electron chi connectivity index (χ1n) is 5.43. The molecule has 0 aliphatic carbocycles. The second kappa shape index (κ2) is 6.05. The van der Waals surface area contributed by atoms with E-state index in [9.17, 15) is 9.59 Å². The van der Waals surface area contributed by atoms with Crippen LogP contribution in [0, 0.1) is 0 Å². The predicted octanol–water partition coefficient (Wildman–Crippen LogP) is 1.57. The average molecular weight is 287 g/mol. The predicted molar refractivity (Wildman–Crippen MR) is 71.2 cm³/mol. The molecule has 1 aliphatic heterocycles. The van der Waals surface area contributed by atoms with E-state index >= 15 is 0 Å². The van der Waals surface area contributed by atoms with Gasteiger partial charge in [0.1, 0.15) is 0 Å². The van der Waals surface area contributed by atoms with Gasteiger partial charge in [0.15, 0.2) is 5.13 Å². The molecule has 6 nitrogen and oxygen atoms in total. The second-order valence-electron chi connectivity index (χ2n) is 3.79. The summed E-state index contributed by atoms with van der Waals surface area (Å²) < 4.78 is 0. The van der Waals surface area contributed by atoms with Crippen LogP contribution >= 0.6 is 23.1 Å². The molecule has 2 rings (SSSR count). The fraction of sp³-hybridized carbons (Fsp3) is 0.500. The van der Waals surface area contributed by atoms with Crippen LogP contribution in [0.15, 0.2) is 11.6 Å². The second-order valence-corrected chi connectivity index (χ2v) is 5.83. The first kappa shape index (κ1) is 13.2. The minimum absolute atomic E-state index is 0.0156. The van der Waals surface area contributed by atoms with Gasteiger partial charge in [0.2, 0.25) is 0 Å². The third-order valence-electron chi connectivity index (χ3n) is 2.54. The number of nitrogens with zero attached hydrogens (tertiary/aromatic N) is 2. The van der Waals surface area contributed by atoms with Crippen molar-refractivity contribution in [1.29, 1.82) is 0 Å². The Morgan fingerprint density at radius 3 is 3.11 bits per heavy atom. The number of amides is 2. The van der Waals surface area contributed by atoms with Crippen molar-refractivity contribution < 1.29 is 14.7 Å². The number of carboxylic acid groups (broad SMARTS) is 1. The lowest BCUT2D eigenvalue weighted by molar-refractivity contribution is -0.137. The summed E-state index contributed by atoms with van der Waals surface area (Å²) in [4.78, 5) is 28.4. The van der Waals surface area contributed by atoms with Gasteiger partial charge in [-0.05, 0) is 0 Å². The summed E-state index contributed by atoms with van der Waals surface area (Å²) in [5, 5.41) is 13.8. The smallest absolute Gasteiger partial charge is 0.323 e. The normalized spacial score (nSPS) is 19.6. The molecule has 1 atom stereocenters.